The van der Waals surface area contributed by atoms with E-state index in [0.29, 0.717) is 41.8 Å². The van der Waals surface area contributed by atoms with Crippen LogP contribution in [0.15, 0.2) is 114 Å². The summed E-state index contributed by atoms with van der Waals surface area (Å²) in [6.45, 7) is 7.58. The maximum absolute atomic E-state index is 13.6. The smallest absolute Gasteiger partial charge is 0.261 e. The van der Waals surface area contributed by atoms with E-state index in [4.69, 9.17) is 13.9 Å². The third-order valence-electron chi connectivity index (χ3n) is 11.5. The molecule has 7 rings (SSSR count). The minimum absolute atomic E-state index is 0.107. The Morgan fingerprint density at radius 3 is 2.13 bits per heavy atom. The van der Waals surface area contributed by atoms with Crippen LogP contribution < -0.4 is 15.1 Å². The van der Waals surface area contributed by atoms with Gasteiger partial charge in [-0.25, -0.2) is 0 Å². The number of allylic oxidation sites excluding steroid dienone is 1. The second kappa shape index (κ2) is 15.6. The number of likely N-dealkylation sites (tertiary alicyclic amines) is 1. The van der Waals surface area contributed by atoms with Crippen molar-refractivity contribution in [2.75, 3.05) is 27.4 Å². The predicted molar refractivity (Wildman–Crippen MR) is 224 cm³/mol. The average molecular weight is 854 g/mol. The second-order valence-electron chi connectivity index (χ2n) is 15.6. The molecule has 3 aliphatic rings. The molecular formula is C45H48INO6Si. The van der Waals surface area contributed by atoms with Crippen LogP contribution in [-0.2, 0) is 18.8 Å². The number of hydrogen-bond acceptors (Lipinski definition) is 6. The molecule has 0 unspecified atom stereocenters. The number of aromatic hydroxyl groups is 1. The Kier molecular flexibility index (Phi) is 11.1. The minimum Gasteiger partial charge on any atom is -0.504 e. The van der Waals surface area contributed by atoms with E-state index in [2.05, 4.69) is 110 Å². The van der Waals surface area contributed by atoms with Crippen LogP contribution in [0.25, 0.3) is 11.6 Å². The molecule has 54 heavy (non-hydrogen) atoms. The van der Waals surface area contributed by atoms with Crippen LogP contribution in [0.2, 0.25) is 5.04 Å². The average Bonchev–Trinajstić information content (AvgIpc) is 3.70. The summed E-state index contributed by atoms with van der Waals surface area (Å²) in [7, 11) is 0.282. The SMILES string of the molecule is COc1cc(/C=C(/CC[C@H]2OC[C@H]3C2=C(CO[Si](c2ccccc2)(c2ccccc2)C(C)(C)C)C[C@H]2C(=O)N(C)C(=O)[C@H]23)c2ccccc2)cc(I)c1O. The molecule has 280 valence electrons. The first-order valence-corrected chi connectivity index (χ1v) is 21.7. The van der Waals surface area contributed by atoms with E-state index in [0.717, 1.165) is 27.8 Å². The largest absolute Gasteiger partial charge is 0.504 e. The molecule has 2 aliphatic heterocycles. The molecule has 0 aromatic heterocycles. The zero-order valence-corrected chi connectivity index (χ0v) is 34.7. The zero-order valence-electron chi connectivity index (χ0n) is 31.6. The van der Waals surface area contributed by atoms with Crippen LogP contribution in [0.1, 0.15) is 51.2 Å². The van der Waals surface area contributed by atoms with Gasteiger partial charge in [0.2, 0.25) is 11.8 Å². The molecule has 4 atom stereocenters. The van der Waals surface area contributed by atoms with Gasteiger partial charge in [-0.1, -0.05) is 118 Å². The molecule has 2 heterocycles. The van der Waals surface area contributed by atoms with E-state index in [1.807, 2.05) is 42.5 Å². The number of carbonyl (C=O) groups is 2. The summed E-state index contributed by atoms with van der Waals surface area (Å²) >= 11 is 2.13. The monoisotopic (exact) mass is 853 g/mol. The predicted octanol–water partition coefficient (Wildman–Crippen LogP) is 7.85. The molecule has 1 N–H and O–H groups in total. The van der Waals surface area contributed by atoms with Gasteiger partial charge in [-0.2, -0.15) is 0 Å². The lowest BCUT2D eigenvalue weighted by Crippen LogP contribution is -2.66. The fraction of sp³-hybridized carbons (Fsp3) is 0.333. The normalized spacial score (nSPS) is 21.7. The Bertz CT molecular complexity index is 2040. The Morgan fingerprint density at radius 2 is 1.54 bits per heavy atom. The molecule has 1 aliphatic carbocycles. The van der Waals surface area contributed by atoms with Gasteiger partial charge in [-0.15, -0.1) is 0 Å². The number of hydrogen-bond donors (Lipinski definition) is 1. The van der Waals surface area contributed by atoms with E-state index in [-0.39, 0.29) is 34.6 Å². The quantitative estimate of drug-likeness (QED) is 0.0545. The van der Waals surface area contributed by atoms with Crippen molar-refractivity contribution in [3.05, 3.63) is 129 Å². The summed E-state index contributed by atoms with van der Waals surface area (Å²) in [6.07, 6.45) is 3.80. The number of imide groups is 1. The standard InChI is InChI=1S/C45H48INO6Si/c1-45(2,3)54(33-17-11-7-12-18-33,34-19-13-8-14-20-34)53-27-32-26-35-41(44(50)47(4)43(35)49)36-28-52-38(40(32)36)22-21-31(30-15-9-6-10-16-30)23-29-24-37(46)42(48)39(25-29)51-5/h6-20,23-25,35-36,38,41,48H,21-22,26-28H2,1-5H3/b31-23-/t35-,36+,38-,41-/m1/s1. The third-order valence-corrected chi connectivity index (χ3v) is 17.3. The lowest BCUT2D eigenvalue weighted by molar-refractivity contribution is -0.138. The van der Waals surface area contributed by atoms with E-state index in [9.17, 15) is 14.7 Å². The molecule has 9 heteroatoms. The molecule has 0 bridgehead atoms. The molecular weight excluding hydrogens is 805 g/mol. The molecule has 2 saturated heterocycles. The van der Waals surface area contributed by atoms with Crippen LogP contribution in [-0.4, -0.2) is 63.6 Å². The van der Waals surface area contributed by atoms with Crippen LogP contribution in [0, 0.1) is 21.3 Å². The molecule has 2 amide bonds. The fourth-order valence-electron chi connectivity index (χ4n) is 8.99. The van der Waals surface area contributed by atoms with Crippen LogP contribution in [0.3, 0.4) is 0 Å². The van der Waals surface area contributed by atoms with Gasteiger partial charge < -0.3 is 19.0 Å². The molecule has 4 aromatic carbocycles. The summed E-state index contributed by atoms with van der Waals surface area (Å²) in [5.41, 5.74) is 5.38. The first-order valence-electron chi connectivity index (χ1n) is 18.7. The number of fused-ring (bicyclic) bond motifs is 3. The topological polar surface area (TPSA) is 85.3 Å². The highest BCUT2D eigenvalue weighted by Crippen LogP contribution is 2.50. The Labute approximate surface area is 333 Å². The summed E-state index contributed by atoms with van der Waals surface area (Å²) in [4.78, 5) is 28.6. The number of phenolic OH excluding ortho intramolecular Hbond substituents is 1. The molecule has 0 radical (unpaired) electrons. The van der Waals surface area contributed by atoms with Crippen molar-refractivity contribution in [3.8, 4) is 11.5 Å². The van der Waals surface area contributed by atoms with Gasteiger partial charge in [0.1, 0.15) is 0 Å². The Hall–Kier alpha value is -4.03. The van der Waals surface area contributed by atoms with Gasteiger partial charge in [0, 0.05) is 13.0 Å². The van der Waals surface area contributed by atoms with Gasteiger partial charge in [-0.3, -0.25) is 14.5 Å². The Balaban J connectivity index is 1.28. The van der Waals surface area contributed by atoms with Crippen molar-refractivity contribution in [2.45, 2.75) is 51.2 Å². The lowest BCUT2D eigenvalue weighted by Gasteiger charge is -2.44. The zero-order chi connectivity index (χ0) is 38.2. The molecule has 4 aromatic rings. The van der Waals surface area contributed by atoms with Crippen LogP contribution in [0.4, 0.5) is 0 Å². The summed E-state index contributed by atoms with van der Waals surface area (Å²) in [5.74, 6) is -0.676. The van der Waals surface area contributed by atoms with E-state index in [1.54, 1.807) is 14.2 Å². The summed E-state index contributed by atoms with van der Waals surface area (Å²) < 4.78 is 20.3. The molecule has 7 nitrogen and oxygen atoms in total. The van der Waals surface area contributed by atoms with Crippen molar-refractivity contribution in [1.29, 1.82) is 0 Å². The van der Waals surface area contributed by atoms with Crippen LogP contribution >= 0.6 is 22.6 Å². The highest BCUT2D eigenvalue weighted by atomic mass is 127. The molecule has 0 spiro atoms. The number of amides is 2. The number of nitrogens with zero attached hydrogens (tertiary/aromatic N) is 1. The van der Waals surface area contributed by atoms with Crippen molar-refractivity contribution < 1.29 is 28.6 Å². The van der Waals surface area contributed by atoms with Gasteiger partial charge in [-0.05, 0) is 97.2 Å². The van der Waals surface area contributed by atoms with Gasteiger partial charge >= 0.3 is 0 Å². The number of methoxy groups -OCH3 is 1. The first-order chi connectivity index (χ1) is 25.9. The number of rotatable bonds is 11. The number of ether oxygens (including phenoxy) is 2. The Morgan fingerprint density at radius 1 is 0.926 bits per heavy atom. The van der Waals surface area contributed by atoms with Crippen molar-refractivity contribution in [2.24, 2.45) is 17.8 Å². The lowest BCUT2D eigenvalue weighted by atomic mass is 9.69. The van der Waals surface area contributed by atoms with Crippen molar-refractivity contribution >= 4 is 64.7 Å². The second-order valence-corrected chi connectivity index (χ2v) is 21.1. The summed E-state index contributed by atoms with van der Waals surface area (Å²) in [6, 6.07) is 35.3. The van der Waals surface area contributed by atoms with E-state index >= 15 is 0 Å². The van der Waals surface area contributed by atoms with Gasteiger partial charge in [0.05, 0.1) is 41.8 Å². The maximum atomic E-state index is 13.6. The van der Waals surface area contributed by atoms with Crippen LogP contribution in [0.5, 0.6) is 11.5 Å². The highest BCUT2D eigenvalue weighted by Gasteiger charge is 2.57. The van der Waals surface area contributed by atoms with Crippen molar-refractivity contribution in [3.63, 3.8) is 0 Å². The number of halogens is 1. The van der Waals surface area contributed by atoms with E-state index < -0.39 is 20.2 Å². The van der Waals surface area contributed by atoms with Gasteiger partial charge in [0.25, 0.3) is 8.32 Å². The number of benzene rings is 4. The minimum atomic E-state index is -2.89. The summed E-state index contributed by atoms with van der Waals surface area (Å²) in [5, 5.41) is 12.7. The van der Waals surface area contributed by atoms with E-state index in [1.165, 1.54) is 15.3 Å². The molecule has 0 saturated carbocycles. The fourth-order valence-corrected chi connectivity index (χ4v) is 14.2. The number of phenols is 1. The number of carbonyl (C=O) groups excluding carboxylic acids is 2. The maximum Gasteiger partial charge on any atom is 0.261 e. The molecule has 2 fully saturated rings. The highest BCUT2D eigenvalue weighted by molar-refractivity contribution is 14.1. The van der Waals surface area contributed by atoms with Crippen molar-refractivity contribution in [1.82, 2.24) is 4.90 Å². The van der Waals surface area contributed by atoms with Gasteiger partial charge in [0.15, 0.2) is 11.5 Å². The third kappa shape index (κ3) is 7.00. The first kappa shape index (κ1) is 38.2.